The number of carbonyl (C=O) groups excluding carboxylic acids is 2. The van der Waals surface area contributed by atoms with Gasteiger partial charge in [0.15, 0.2) is 18.1 Å². The van der Waals surface area contributed by atoms with Crippen LogP contribution in [0.2, 0.25) is 0 Å². The Balaban J connectivity index is 1.72. The van der Waals surface area contributed by atoms with Crippen LogP contribution in [0.3, 0.4) is 0 Å². The Morgan fingerprint density at radius 1 is 1.00 bits per heavy atom. The second kappa shape index (κ2) is 11.1. The summed E-state index contributed by atoms with van der Waals surface area (Å²) in [5.41, 5.74) is 0.696. The molecule has 27 heavy (non-hydrogen) atoms. The molecule has 6 nitrogen and oxygen atoms in total. The molecule has 0 aliphatic carbocycles. The van der Waals surface area contributed by atoms with Gasteiger partial charge in [-0.2, -0.15) is 0 Å². The first-order valence-corrected chi connectivity index (χ1v) is 9.79. The number of nitrogens with one attached hydrogen (secondary N) is 1. The molecule has 0 unspecified atom stereocenters. The van der Waals surface area contributed by atoms with Crippen molar-refractivity contribution in [1.29, 1.82) is 0 Å². The van der Waals surface area contributed by atoms with Gasteiger partial charge < -0.3 is 19.5 Å². The van der Waals surface area contributed by atoms with E-state index in [0.29, 0.717) is 23.8 Å². The van der Waals surface area contributed by atoms with Crippen molar-refractivity contribution in [2.75, 3.05) is 31.4 Å². The van der Waals surface area contributed by atoms with Gasteiger partial charge in [-0.3, -0.25) is 9.59 Å². The molecule has 7 heteroatoms. The zero-order valence-electron chi connectivity index (χ0n) is 15.4. The van der Waals surface area contributed by atoms with Crippen LogP contribution in [0.5, 0.6) is 11.5 Å². The van der Waals surface area contributed by atoms with Crippen LogP contribution in [0.25, 0.3) is 0 Å². The van der Waals surface area contributed by atoms with Crippen LogP contribution in [0.1, 0.15) is 13.3 Å². The van der Waals surface area contributed by atoms with Gasteiger partial charge >= 0.3 is 5.97 Å². The van der Waals surface area contributed by atoms with Crippen LogP contribution in [-0.2, 0) is 14.3 Å². The Bertz CT molecular complexity index is 766. The molecule has 1 amide bonds. The molecule has 144 valence electrons. The summed E-state index contributed by atoms with van der Waals surface area (Å²) in [6.07, 6.45) is 1.96. The van der Waals surface area contributed by atoms with Crippen LogP contribution in [0, 0.1) is 0 Å². The number of carbonyl (C=O) groups is 2. The van der Waals surface area contributed by atoms with E-state index < -0.39 is 5.97 Å². The van der Waals surface area contributed by atoms with Crippen LogP contribution in [-0.4, -0.2) is 38.0 Å². The predicted molar refractivity (Wildman–Crippen MR) is 106 cm³/mol. The average Bonchev–Trinajstić information content (AvgIpc) is 2.68. The lowest BCUT2D eigenvalue weighted by atomic mass is 10.3. The summed E-state index contributed by atoms with van der Waals surface area (Å²) in [5.74, 6) is 0.309. The van der Waals surface area contributed by atoms with Gasteiger partial charge in [0.2, 0.25) is 0 Å². The third-order valence-electron chi connectivity index (χ3n) is 3.46. The molecular formula is C20H23NO5S. The van der Waals surface area contributed by atoms with E-state index >= 15 is 0 Å². The van der Waals surface area contributed by atoms with E-state index in [2.05, 4.69) is 5.32 Å². The summed E-state index contributed by atoms with van der Waals surface area (Å²) in [6, 6.07) is 14.7. The lowest BCUT2D eigenvalue weighted by molar-refractivity contribution is -0.147. The normalized spacial score (nSPS) is 10.1. The van der Waals surface area contributed by atoms with Gasteiger partial charge in [0.05, 0.1) is 25.3 Å². The number of para-hydroxylation sites is 3. The molecule has 0 aromatic heterocycles. The number of anilines is 1. The molecule has 0 saturated heterocycles. The Kier molecular flexibility index (Phi) is 8.51. The quantitative estimate of drug-likeness (QED) is 0.493. The molecule has 2 rings (SSSR count). The molecule has 0 saturated carbocycles. The Morgan fingerprint density at radius 3 is 2.37 bits per heavy atom. The molecule has 0 radical (unpaired) electrons. The van der Waals surface area contributed by atoms with E-state index in [9.17, 15) is 9.59 Å². The summed E-state index contributed by atoms with van der Waals surface area (Å²) >= 11 is 1.53. The van der Waals surface area contributed by atoms with Crippen molar-refractivity contribution in [2.24, 2.45) is 0 Å². The molecule has 0 aliphatic rings. The molecule has 0 aliphatic heterocycles. The van der Waals surface area contributed by atoms with Crippen LogP contribution < -0.4 is 14.8 Å². The number of amides is 1. The minimum atomic E-state index is -0.503. The fourth-order valence-electron chi connectivity index (χ4n) is 2.24. The van der Waals surface area contributed by atoms with Crippen molar-refractivity contribution in [3.8, 4) is 11.5 Å². The Labute approximate surface area is 163 Å². The highest BCUT2D eigenvalue weighted by Crippen LogP contribution is 2.26. The number of esters is 1. The molecule has 2 aromatic rings. The molecular weight excluding hydrogens is 366 g/mol. The highest BCUT2D eigenvalue weighted by Gasteiger charge is 2.11. The number of thioether (sulfide) groups is 1. The van der Waals surface area contributed by atoms with Crippen molar-refractivity contribution < 1.29 is 23.8 Å². The lowest BCUT2D eigenvalue weighted by Gasteiger charge is -2.11. The molecule has 0 atom stereocenters. The molecule has 0 spiro atoms. The van der Waals surface area contributed by atoms with Gasteiger partial charge in [-0.15, -0.1) is 11.8 Å². The second-order valence-corrected chi connectivity index (χ2v) is 6.24. The van der Waals surface area contributed by atoms with Crippen molar-refractivity contribution in [3.05, 3.63) is 48.5 Å². The standard InChI is InChI=1S/C20H23NO5S/c1-3-24-16-9-5-6-10-17(16)25-13-12-20(23)26-14-19(22)21-15-8-4-7-11-18(15)27-2/h4-11H,3,12-14H2,1-2H3,(H,21,22). The van der Waals surface area contributed by atoms with Gasteiger partial charge in [-0.25, -0.2) is 0 Å². The minimum Gasteiger partial charge on any atom is -0.490 e. The summed E-state index contributed by atoms with van der Waals surface area (Å²) < 4.78 is 16.0. The van der Waals surface area contributed by atoms with Crippen molar-refractivity contribution in [3.63, 3.8) is 0 Å². The van der Waals surface area contributed by atoms with Gasteiger partial charge in [-0.05, 0) is 37.4 Å². The first kappa shape index (κ1) is 20.6. The van der Waals surface area contributed by atoms with E-state index in [4.69, 9.17) is 14.2 Å². The maximum Gasteiger partial charge on any atom is 0.309 e. The summed E-state index contributed by atoms with van der Waals surface area (Å²) in [4.78, 5) is 24.7. The number of hydrogen-bond donors (Lipinski definition) is 1. The maximum atomic E-state index is 12.0. The summed E-state index contributed by atoms with van der Waals surface area (Å²) in [6.45, 7) is 2.21. The average molecular weight is 389 g/mol. The maximum absolute atomic E-state index is 12.0. The van der Waals surface area contributed by atoms with Crippen molar-refractivity contribution in [1.82, 2.24) is 0 Å². The molecule has 0 heterocycles. The first-order chi connectivity index (χ1) is 13.1. The number of rotatable bonds is 10. The number of benzene rings is 2. The van der Waals surface area contributed by atoms with Crippen LogP contribution >= 0.6 is 11.8 Å². The van der Waals surface area contributed by atoms with Gasteiger partial charge in [0.1, 0.15) is 0 Å². The highest BCUT2D eigenvalue weighted by atomic mass is 32.2. The third kappa shape index (κ3) is 6.86. The van der Waals surface area contributed by atoms with E-state index in [-0.39, 0.29) is 25.5 Å². The Morgan fingerprint density at radius 2 is 1.67 bits per heavy atom. The molecule has 0 fully saturated rings. The summed E-state index contributed by atoms with van der Waals surface area (Å²) in [7, 11) is 0. The number of hydrogen-bond acceptors (Lipinski definition) is 6. The SMILES string of the molecule is CCOc1ccccc1OCCC(=O)OCC(=O)Nc1ccccc1SC. The number of ether oxygens (including phenoxy) is 3. The summed E-state index contributed by atoms with van der Waals surface area (Å²) in [5, 5.41) is 2.74. The van der Waals surface area contributed by atoms with Gasteiger partial charge in [0, 0.05) is 4.90 Å². The zero-order chi connectivity index (χ0) is 19.5. The predicted octanol–water partition coefficient (Wildman–Crippen LogP) is 3.76. The molecule has 2 aromatic carbocycles. The highest BCUT2D eigenvalue weighted by molar-refractivity contribution is 7.98. The third-order valence-corrected chi connectivity index (χ3v) is 4.25. The molecule has 0 bridgehead atoms. The van der Waals surface area contributed by atoms with E-state index in [1.807, 2.05) is 43.5 Å². The fraction of sp³-hybridized carbons (Fsp3) is 0.300. The van der Waals surface area contributed by atoms with E-state index in [0.717, 1.165) is 4.90 Å². The monoisotopic (exact) mass is 389 g/mol. The first-order valence-electron chi connectivity index (χ1n) is 8.57. The van der Waals surface area contributed by atoms with Gasteiger partial charge in [0.25, 0.3) is 5.91 Å². The van der Waals surface area contributed by atoms with Gasteiger partial charge in [-0.1, -0.05) is 24.3 Å². The van der Waals surface area contributed by atoms with E-state index in [1.165, 1.54) is 11.8 Å². The second-order valence-electron chi connectivity index (χ2n) is 5.39. The van der Waals surface area contributed by atoms with E-state index in [1.54, 1.807) is 18.2 Å². The topological polar surface area (TPSA) is 73.9 Å². The fourth-order valence-corrected chi connectivity index (χ4v) is 2.79. The lowest BCUT2D eigenvalue weighted by Crippen LogP contribution is -2.22. The molecule has 1 N–H and O–H groups in total. The largest absolute Gasteiger partial charge is 0.490 e. The Hall–Kier alpha value is -2.67. The zero-order valence-corrected chi connectivity index (χ0v) is 16.2. The van der Waals surface area contributed by atoms with Crippen molar-refractivity contribution >= 4 is 29.3 Å². The smallest absolute Gasteiger partial charge is 0.309 e. The van der Waals surface area contributed by atoms with Crippen molar-refractivity contribution in [2.45, 2.75) is 18.2 Å². The van der Waals surface area contributed by atoms with Crippen LogP contribution in [0.15, 0.2) is 53.4 Å². The minimum absolute atomic E-state index is 0.0368. The van der Waals surface area contributed by atoms with Crippen LogP contribution in [0.4, 0.5) is 5.69 Å².